The molecule has 3 aromatic rings. The third-order valence-electron chi connectivity index (χ3n) is 4.65. The predicted molar refractivity (Wildman–Crippen MR) is 117 cm³/mol. The lowest BCUT2D eigenvalue weighted by Crippen LogP contribution is -2.27. The van der Waals surface area contributed by atoms with Crippen molar-refractivity contribution in [3.05, 3.63) is 52.7 Å². The van der Waals surface area contributed by atoms with Crippen molar-refractivity contribution in [3.63, 3.8) is 0 Å². The first kappa shape index (κ1) is 20.7. The van der Waals surface area contributed by atoms with Crippen molar-refractivity contribution >= 4 is 45.7 Å². The van der Waals surface area contributed by atoms with E-state index in [1.807, 2.05) is 45.9 Å². The maximum atomic E-state index is 12.8. The summed E-state index contributed by atoms with van der Waals surface area (Å²) >= 11 is 6.29. The zero-order valence-corrected chi connectivity index (χ0v) is 17.8. The normalized spacial score (nSPS) is 11.4. The van der Waals surface area contributed by atoms with Gasteiger partial charge in [-0.2, -0.15) is 0 Å². The lowest BCUT2D eigenvalue weighted by Gasteiger charge is -2.18. The molecule has 2 amide bonds. The van der Waals surface area contributed by atoms with Gasteiger partial charge in [-0.3, -0.25) is 9.59 Å². The second kappa shape index (κ2) is 7.79. The number of halogens is 1. The van der Waals surface area contributed by atoms with Crippen LogP contribution in [0, 0.1) is 12.3 Å². The largest absolute Gasteiger partial charge is 0.497 e. The Labute approximate surface area is 174 Å². The van der Waals surface area contributed by atoms with Crippen molar-refractivity contribution in [1.29, 1.82) is 0 Å². The van der Waals surface area contributed by atoms with Gasteiger partial charge in [0, 0.05) is 22.0 Å². The minimum absolute atomic E-state index is 0.139. The molecule has 0 aliphatic carbocycles. The van der Waals surface area contributed by atoms with Gasteiger partial charge >= 0.3 is 0 Å². The summed E-state index contributed by atoms with van der Waals surface area (Å²) in [5, 5.41) is 6.91. The van der Waals surface area contributed by atoms with E-state index < -0.39 is 5.41 Å². The lowest BCUT2D eigenvalue weighted by molar-refractivity contribution is -0.123. The first-order valence-corrected chi connectivity index (χ1v) is 9.56. The number of aromatic nitrogens is 1. The molecule has 0 radical (unpaired) electrons. The van der Waals surface area contributed by atoms with Crippen LogP contribution >= 0.6 is 11.6 Å². The molecule has 1 heterocycles. The molecule has 2 aromatic carbocycles. The molecule has 152 valence electrons. The number of methoxy groups -OCH3 is 1. The van der Waals surface area contributed by atoms with Gasteiger partial charge in [0.1, 0.15) is 11.4 Å². The van der Waals surface area contributed by atoms with Crippen LogP contribution in [-0.4, -0.2) is 23.9 Å². The zero-order valence-electron chi connectivity index (χ0n) is 17.1. The highest BCUT2D eigenvalue weighted by Gasteiger charge is 2.22. The van der Waals surface area contributed by atoms with Gasteiger partial charge in [0.2, 0.25) is 5.91 Å². The molecule has 0 spiro atoms. The van der Waals surface area contributed by atoms with Crippen molar-refractivity contribution in [2.45, 2.75) is 27.7 Å². The van der Waals surface area contributed by atoms with Crippen LogP contribution in [0.3, 0.4) is 0 Å². The SMILES string of the molecule is COc1ccc2[nH]c(C(=O)Nc3ccc(NC(=O)C(C)(C)C)c(Cl)c3)c(C)c2c1. The number of fused-ring (bicyclic) bond motifs is 1. The minimum Gasteiger partial charge on any atom is -0.497 e. The van der Waals surface area contributed by atoms with E-state index in [1.54, 1.807) is 25.3 Å². The number of aromatic amines is 1. The number of nitrogens with one attached hydrogen (secondary N) is 3. The Kier molecular flexibility index (Phi) is 5.57. The quantitative estimate of drug-likeness (QED) is 0.537. The molecule has 0 aliphatic heterocycles. The van der Waals surface area contributed by atoms with Crippen LogP contribution in [0.4, 0.5) is 11.4 Å². The molecular weight excluding hydrogens is 390 g/mol. The van der Waals surface area contributed by atoms with Crippen molar-refractivity contribution in [2.75, 3.05) is 17.7 Å². The Morgan fingerprint density at radius 3 is 2.41 bits per heavy atom. The van der Waals surface area contributed by atoms with Gasteiger partial charge in [0.05, 0.1) is 17.8 Å². The lowest BCUT2D eigenvalue weighted by atomic mass is 9.95. The van der Waals surface area contributed by atoms with Crippen LogP contribution in [0.5, 0.6) is 5.75 Å². The van der Waals surface area contributed by atoms with E-state index in [2.05, 4.69) is 15.6 Å². The number of H-pyrrole nitrogens is 1. The molecule has 3 rings (SSSR count). The maximum Gasteiger partial charge on any atom is 0.272 e. The van der Waals surface area contributed by atoms with Crippen molar-refractivity contribution in [1.82, 2.24) is 4.98 Å². The monoisotopic (exact) mass is 413 g/mol. The van der Waals surface area contributed by atoms with Gasteiger partial charge in [-0.25, -0.2) is 0 Å². The highest BCUT2D eigenvalue weighted by molar-refractivity contribution is 6.34. The van der Waals surface area contributed by atoms with Crippen LogP contribution < -0.4 is 15.4 Å². The third-order valence-corrected chi connectivity index (χ3v) is 4.96. The van der Waals surface area contributed by atoms with Gasteiger partial charge in [-0.05, 0) is 48.9 Å². The number of benzene rings is 2. The fourth-order valence-electron chi connectivity index (χ4n) is 2.86. The Bertz CT molecular complexity index is 1100. The summed E-state index contributed by atoms with van der Waals surface area (Å²) in [6.07, 6.45) is 0. The van der Waals surface area contributed by atoms with Crippen LogP contribution in [0.25, 0.3) is 10.9 Å². The fourth-order valence-corrected chi connectivity index (χ4v) is 3.09. The number of carbonyl (C=O) groups excluding carboxylic acids is 2. The van der Waals surface area contributed by atoms with Gasteiger partial charge < -0.3 is 20.4 Å². The van der Waals surface area contributed by atoms with E-state index in [0.29, 0.717) is 22.1 Å². The summed E-state index contributed by atoms with van der Waals surface area (Å²) in [5.74, 6) is 0.312. The Morgan fingerprint density at radius 1 is 1.07 bits per heavy atom. The van der Waals surface area contributed by atoms with E-state index >= 15 is 0 Å². The number of anilines is 2. The highest BCUT2D eigenvalue weighted by atomic mass is 35.5. The topological polar surface area (TPSA) is 83.2 Å². The van der Waals surface area contributed by atoms with E-state index in [9.17, 15) is 9.59 Å². The number of rotatable bonds is 4. The van der Waals surface area contributed by atoms with Crippen molar-refractivity contribution < 1.29 is 14.3 Å². The molecule has 0 saturated carbocycles. The van der Waals surface area contributed by atoms with Gasteiger partial charge in [-0.1, -0.05) is 32.4 Å². The molecule has 0 fully saturated rings. The van der Waals surface area contributed by atoms with E-state index in [0.717, 1.165) is 22.2 Å². The number of hydrogen-bond acceptors (Lipinski definition) is 3. The summed E-state index contributed by atoms with van der Waals surface area (Å²) < 4.78 is 5.26. The number of carbonyl (C=O) groups is 2. The number of ether oxygens (including phenoxy) is 1. The molecule has 1 aromatic heterocycles. The molecule has 7 heteroatoms. The predicted octanol–water partition coefficient (Wildman–Crippen LogP) is 5.38. The van der Waals surface area contributed by atoms with Crippen molar-refractivity contribution in [2.24, 2.45) is 5.41 Å². The highest BCUT2D eigenvalue weighted by Crippen LogP contribution is 2.29. The first-order valence-electron chi connectivity index (χ1n) is 9.19. The number of hydrogen-bond donors (Lipinski definition) is 3. The smallest absolute Gasteiger partial charge is 0.272 e. The standard InChI is InChI=1S/C22H24ClN3O3/c1-12-15-11-14(29-5)7-9-17(15)25-19(12)20(27)24-13-6-8-18(16(23)10-13)26-21(28)22(2,3)4/h6-11,25H,1-5H3,(H,24,27)(H,26,28). The van der Waals surface area contributed by atoms with E-state index in [4.69, 9.17) is 16.3 Å². The Hall–Kier alpha value is -2.99. The zero-order chi connectivity index (χ0) is 21.3. The first-order chi connectivity index (χ1) is 13.6. The fraction of sp³-hybridized carbons (Fsp3) is 0.273. The van der Waals surface area contributed by atoms with Crippen LogP contribution in [-0.2, 0) is 4.79 Å². The molecule has 29 heavy (non-hydrogen) atoms. The van der Waals surface area contributed by atoms with Gasteiger partial charge in [-0.15, -0.1) is 0 Å². The number of aryl methyl sites for hydroxylation is 1. The Balaban J connectivity index is 1.81. The summed E-state index contributed by atoms with van der Waals surface area (Å²) in [7, 11) is 1.61. The second-order valence-electron chi connectivity index (χ2n) is 7.89. The molecule has 3 N–H and O–H groups in total. The van der Waals surface area contributed by atoms with Crippen LogP contribution in [0.2, 0.25) is 5.02 Å². The second-order valence-corrected chi connectivity index (χ2v) is 8.30. The molecule has 0 aliphatic rings. The minimum atomic E-state index is -0.536. The van der Waals surface area contributed by atoms with Gasteiger partial charge in [0.15, 0.2) is 0 Å². The summed E-state index contributed by atoms with van der Waals surface area (Å²) in [6, 6.07) is 10.6. The van der Waals surface area contributed by atoms with Crippen molar-refractivity contribution in [3.8, 4) is 5.75 Å². The molecular formula is C22H24ClN3O3. The molecule has 0 saturated heterocycles. The van der Waals surface area contributed by atoms with E-state index in [1.165, 1.54) is 0 Å². The Morgan fingerprint density at radius 2 is 1.79 bits per heavy atom. The summed E-state index contributed by atoms with van der Waals surface area (Å²) in [5.41, 5.74) is 2.65. The average Bonchev–Trinajstić information content (AvgIpc) is 2.99. The molecule has 0 atom stereocenters. The maximum absolute atomic E-state index is 12.8. The summed E-state index contributed by atoms with van der Waals surface area (Å²) in [4.78, 5) is 28.1. The summed E-state index contributed by atoms with van der Waals surface area (Å²) in [6.45, 7) is 7.35. The molecule has 6 nitrogen and oxygen atoms in total. The third kappa shape index (κ3) is 4.38. The number of amides is 2. The van der Waals surface area contributed by atoms with E-state index in [-0.39, 0.29) is 11.8 Å². The van der Waals surface area contributed by atoms with Crippen LogP contribution in [0.1, 0.15) is 36.8 Å². The molecule has 0 bridgehead atoms. The van der Waals surface area contributed by atoms with Gasteiger partial charge in [0.25, 0.3) is 5.91 Å². The van der Waals surface area contributed by atoms with Crippen LogP contribution in [0.15, 0.2) is 36.4 Å². The molecule has 0 unspecified atom stereocenters. The average molecular weight is 414 g/mol.